The van der Waals surface area contributed by atoms with E-state index < -0.39 is 18.5 Å². The fraction of sp³-hybridized carbons (Fsp3) is 0. The number of nitrogens with one attached hydrogen (secondary N) is 1. The molecule has 1 N–H and O–H groups in total. The average molecular weight is 274 g/mol. The van der Waals surface area contributed by atoms with Gasteiger partial charge in [-0.15, -0.1) is 0 Å². The molecule has 0 aliphatic heterocycles. The summed E-state index contributed by atoms with van der Waals surface area (Å²) >= 11 is -1.92. The first-order valence-corrected chi connectivity index (χ1v) is 2.52. The molecule has 0 bridgehead atoms. The predicted molar refractivity (Wildman–Crippen MR) is 9.07 cm³/mol. The van der Waals surface area contributed by atoms with Crippen LogP contribution in [0.1, 0.15) is 0 Å². The van der Waals surface area contributed by atoms with E-state index in [0.29, 0.717) is 0 Å². The zero-order chi connectivity index (χ0) is 5.41. The van der Waals surface area contributed by atoms with E-state index >= 15 is 0 Å². The van der Waals surface area contributed by atoms with E-state index in [9.17, 15) is 0 Å². The molecule has 0 aliphatic carbocycles. The summed E-state index contributed by atoms with van der Waals surface area (Å²) in [6, 6.07) is 0. The van der Waals surface area contributed by atoms with E-state index in [4.69, 9.17) is 16.9 Å². The van der Waals surface area contributed by atoms with Gasteiger partial charge in [-0.05, 0) is 0 Å². The van der Waals surface area contributed by atoms with Gasteiger partial charge in [0.25, 0.3) is 0 Å². The predicted octanol–water partition coefficient (Wildman–Crippen LogP) is -1.91. The van der Waals surface area contributed by atoms with Crippen LogP contribution in [-0.4, -0.2) is 0 Å². The second kappa shape index (κ2) is 22.4. The van der Waals surface area contributed by atoms with Gasteiger partial charge in [-0.3, -0.25) is 10.1 Å². The Morgan fingerprint density at radius 2 is 1.50 bits per heavy atom. The van der Waals surface area contributed by atoms with Crippen LogP contribution in [-0.2, 0) is 25.3 Å². The van der Waals surface area contributed by atoms with Crippen molar-refractivity contribution in [3.63, 3.8) is 0 Å². The Hall–Kier alpha value is -0.312. The second-order valence-electron chi connectivity index (χ2n) is 0.136. The summed E-state index contributed by atoms with van der Waals surface area (Å²) in [6.45, 7) is 0. The standard InChI is InChI=1S/HNO2.2O.Pt/c2-1-3;;;/h1H;;;. The van der Waals surface area contributed by atoms with Crippen LogP contribution in [0.4, 0.5) is 0 Å². The number of hydrogen-bond acceptors (Lipinski definition) is 4. The monoisotopic (exact) mass is 274 g/mol. The van der Waals surface area contributed by atoms with Crippen molar-refractivity contribution in [1.82, 2.24) is 0 Å². The van der Waals surface area contributed by atoms with Gasteiger partial charge in [0.05, 0.1) is 0 Å². The summed E-state index contributed by atoms with van der Waals surface area (Å²) in [5.41, 5.74) is 0. The van der Waals surface area contributed by atoms with Gasteiger partial charge in [0.1, 0.15) is 0 Å². The van der Waals surface area contributed by atoms with E-state index in [2.05, 4.69) is 0 Å². The Bertz CT molecular complexity index is 52.6. The molecule has 0 aromatic carbocycles. The molecule has 6 heavy (non-hydrogen) atoms. The molecule has 0 saturated carbocycles. The van der Waals surface area contributed by atoms with Gasteiger partial charge in [-0.1, -0.05) is 0 Å². The van der Waals surface area contributed by atoms with Gasteiger partial charge in [0.15, 0.2) is 0 Å². The van der Waals surface area contributed by atoms with Gasteiger partial charge in [-0.25, -0.2) is 0 Å². The van der Waals surface area contributed by atoms with Crippen LogP contribution in [0.25, 0.3) is 0 Å². The van der Waals surface area contributed by atoms with Crippen molar-refractivity contribution in [2.75, 3.05) is 0 Å². The zero-order valence-electron chi connectivity index (χ0n) is 2.45. The maximum atomic E-state index is 8.49. The fourth-order valence-corrected chi connectivity index (χ4v) is 0. The van der Waals surface area contributed by atoms with E-state index in [1.807, 2.05) is 0 Å². The number of rotatable bonds is 0. The van der Waals surface area contributed by atoms with E-state index in [1.165, 1.54) is 0 Å². The first-order chi connectivity index (χ1) is 2.83. The van der Waals surface area contributed by atoms with Crippen LogP contribution >= 0.6 is 0 Å². The Morgan fingerprint density at radius 1 is 1.50 bits per heavy atom. The topological polar surface area (TPSA) is 88.2 Å². The molecule has 40 valence electrons. The van der Waals surface area contributed by atoms with Crippen LogP contribution in [0, 0.1) is 10.1 Å². The molecule has 0 aromatic heterocycles. The minimum atomic E-state index is -1.92. The van der Waals surface area contributed by atoms with Crippen LogP contribution in [0.15, 0.2) is 0 Å². The summed E-state index contributed by atoms with van der Waals surface area (Å²) in [5.74, 6) is 0. The number of hydrogen-bond donors (Lipinski definition) is 1. The van der Waals surface area contributed by atoms with Crippen LogP contribution in [0.3, 0.4) is 0 Å². The van der Waals surface area contributed by atoms with Crippen LogP contribution in [0.2, 0.25) is 0 Å². The third kappa shape index (κ3) is 274. The van der Waals surface area contributed by atoms with Gasteiger partial charge >= 0.3 is 25.3 Å². The Balaban J connectivity index is 0. The van der Waals surface area contributed by atoms with Crippen molar-refractivity contribution < 1.29 is 30.6 Å². The van der Waals surface area contributed by atoms with Gasteiger partial charge in [0, 0.05) is 5.34 Å². The molecule has 0 radical (unpaired) electrons. The summed E-state index contributed by atoms with van der Waals surface area (Å²) in [4.78, 5) is 8.12. The quantitative estimate of drug-likeness (QED) is 0.412. The van der Waals surface area contributed by atoms with Crippen molar-refractivity contribution in [2.24, 2.45) is 0 Å². The molecule has 0 unspecified atom stereocenters. The van der Waals surface area contributed by atoms with Gasteiger partial charge in [-0.2, -0.15) is 0 Å². The van der Waals surface area contributed by atoms with E-state index in [0.717, 1.165) is 0 Å². The molecule has 5 nitrogen and oxygen atoms in total. The first-order valence-electron chi connectivity index (χ1n) is 0.666. The first kappa shape index (κ1) is 9.19. The fourth-order valence-electron chi connectivity index (χ4n) is 0. The van der Waals surface area contributed by atoms with Gasteiger partial charge in [0.2, 0.25) is 0 Å². The van der Waals surface area contributed by atoms with E-state index in [1.54, 1.807) is 0 Å². The molecule has 0 rings (SSSR count). The average Bonchev–Trinajstić information content (AvgIpc) is 1.39. The summed E-state index contributed by atoms with van der Waals surface area (Å²) < 4.78 is 17.0. The van der Waals surface area contributed by atoms with Gasteiger partial charge < -0.3 is 0 Å². The molecule has 0 amide bonds. The molecule has 0 saturated heterocycles. The van der Waals surface area contributed by atoms with Crippen molar-refractivity contribution >= 4 is 0 Å². The maximum absolute atomic E-state index is 8.49. The third-order valence-corrected chi connectivity index (χ3v) is 0. The van der Waals surface area contributed by atoms with Crippen molar-refractivity contribution in [3.8, 4) is 0 Å². The van der Waals surface area contributed by atoms with Crippen molar-refractivity contribution in [1.29, 1.82) is 0 Å². The van der Waals surface area contributed by atoms with Crippen molar-refractivity contribution in [2.45, 2.75) is 0 Å². The SMILES string of the molecule is O=[NH+][O-].[O]=[Pt]=[O]. The molecule has 0 spiro atoms. The summed E-state index contributed by atoms with van der Waals surface area (Å²) in [6.07, 6.45) is 0. The molecule has 0 fully saturated rings. The van der Waals surface area contributed by atoms with Crippen LogP contribution in [0.5, 0.6) is 0 Å². The second-order valence-corrected chi connectivity index (χ2v) is 0.515. The molecular weight excluding hydrogens is 273 g/mol. The Morgan fingerprint density at radius 3 is 1.50 bits per heavy atom. The minimum absolute atomic E-state index is 0.250. The molecule has 0 heterocycles. The third-order valence-electron chi connectivity index (χ3n) is 0. The molecule has 0 aliphatic rings. The normalized spacial score (nSPS) is 5.33. The Labute approximate surface area is 41.4 Å². The molecule has 6 heteroatoms. The summed E-state index contributed by atoms with van der Waals surface area (Å²) in [7, 11) is 0. The van der Waals surface area contributed by atoms with E-state index in [-0.39, 0.29) is 5.34 Å². The van der Waals surface area contributed by atoms with Crippen LogP contribution < -0.4 is 5.34 Å². The Kier molecular flexibility index (Phi) is 34.3. The van der Waals surface area contributed by atoms with Crippen molar-refractivity contribution in [3.05, 3.63) is 10.1 Å². The summed E-state index contributed by atoms with van der Waals surface area (Å²) in [5, 5.41) is 8.38. The molecule has 0 aromatic rings. The molecular formula is HNO4Pt. The molecule has 0 atom stereocenters. The zero-order valence-corrected chi connectivity index (χ0v) is 4.72.